The average molecular weight is 299 g/mol. The number of rotatable bonds is 6. The number of carbonyl (C=O) groups is 2. The Hall–Kier alpha value is -1.71. The van der Waals surface area contributed by atoms with Crippen LogP contribution in [-0.4, -0.2) is 30.0 Å². The molecular formula is C12H11ClN2O3S. The van der Waals surface area contributed by atoms with Crippen LogP contribution in [0.1, 0.15) is 0 Å². The molecule has 0 aromatic heterocycles. The maximum absolute atomic E-state index is 11.5. The van der Waals surface area contributed by atoms with Gasteiger partial charge in [0, 0.05) is 10.7 Å². The van der Waals surface area contributed by atoms with Crippen molar-refractivity contribution >= 4 is 40.9 Å². The summed E-state index contributed by atoms with van der Waals surface area (Å²) >= 11 is 6.84. The van der Waals surface area contributed by atoms with Crippen molar-refractivity contribution < 1.29 is 14.3 Å². The van der Waals surface area contributed by atoms with Crippen molar-refractivity contribution in [3.8, 4) is 6.07 Å². The van der Waals surface area contributed by atoms with Gasteiger partial charge in [-0.1, -0.05) is 11.6 Å². The highest BCUT2D eigenvalue weighted by molar-refractivity contribution is 8.00. The number of anilines is 1. The van der Waals surface area contributed by atoms with Crippen molar-refractivity contribution in [1.82, 2.24) is 0 Å². The van der Waals surface area contributed by atoms with Crippen LogP contribution in [0.5, 0.6) is 0 Å². The van der Waals surface area contributed by atoms with Crippen LogP contribution in [0.4, 0.5) is 5.69 Å². The number of nitrogens with zero attached hydrogens (tertiary/aromatic N) is 1. The molecule has 1 aromatic carbocycles. The number of hydrogen-bond acceptors (Lipinski definition) is 5. The summed E-state index contributed by atoms with van der Waals surface area (Å²) < 4.78 is 4.54. The Bertz CT molecular complexity index is 485. The molecule has 1 N–H and O–H groups in total. The predicted octanol–water partition coefficient (Wildman–Crippen LogP) is 2.08. The van der Waals surface area contributed by atoms with E-state index in [2.05, 4.69) is 10.1 Å². The number of benzene rings is 1. The molecule has 0 radical (unpaired) electrons. The molecule has 5 nitrogen and oxygen atoms in total. The van der Waals surface area contributed by atoms with Crippen molar-refractivity contribution in [2.45, 2.75) is 0 Å². The van der Waals surface area contributed by atoms with E-state index in [0.717, 1.165) is 11.8 Å². The van der Waals surface area contributed by atoms with E-state index in [1.165, 1.54) is 0 Å². The number of hydrogen-bond donors (Lipinski definition) is 1. The third kappa shape index (κ3) is 6.70. The second kappa shape index (κ2) is 8.40. The normalized spacial score (nSPS) is 9.47. The van der Waals surface area contributed by atoms with Gasteiger partial charge in [0.15, 0.2) is 6.61 Å². The lowest BCUT2D eigenvalue weighted by atomic mass is 10.3. The smallest absolute Gasteiger partial charge is 0.316 e. The third-order valence-corrected chi connectivity index (χ3v) is 3.04. The summed E-state index contributed by atoms with van der Waals surface area (Å²) in [7, 11) is 0. The molecule has 0 heterocycles. The van der Waals surface area contributed by atoms with E-state index >= 15 is 0 Å². The molecule has 0 spiro atoms. The van der Waals surface area contributed by atoms with Crippen molar-refractivity contribution in [2.75, 3.05) is 23.4 Å². The zero-order chi connectivity index (χ0) is 14.1. The topological polar surface area (TPSA) is 79.2 Å². The quantitative estimate of drug-likeness (QED) is 0.813. The lowest BCUT2D eigenvalue weighted by Gasteiger charge is -2.05. The number of esters is 1. The van der Waals surface area contributed by atoms with E-state index in [9.17, 15) is 9.59 Å². The van der Waals surface area contributed by atoms with Crippen molar-refractivity contribution in [3.63, 3.8) is 0 Å². The van der Waals surface area contributed by atoms with E-state index in [4.69, 9.17) is 16.9 Å². The second-order valence-electron chi connectivity index (χ2n) is 3.37. The molecule has 0 bridgehead atoms. The highest BCUT2D eigenvalue weighted by Gasteiger charge is 2.06. The van der Waals surface area contributed by atoms with Gasteiger partial charge in [0.1, 0.15) is 6.07 Å². The molecule has 0 unspecified atom stereocenters. The number of halogens is 1. The Balaban J connectivity index is 2.23. The standard InChI is InChI=1S/C12H11ClN2O3S/c13-9-1-3-10(4-2-9)15-11(16)7-19-8-12(17)18-6-5-14/h1-4H,6-8H2,(H,15,16). The number of nitrogens with one attached hydrogen (secondary N) is 1. The van der Waals surface area contributed by atoms with Crippen LogP contribution in [0.25, 0.3) is 0 Å². The van der Waals surface area contributed by atoms with E-state index in [1.807, 2.05) is 0 Å². The molecule has 1 amide bonds. The average Bonchev–Trinajstić information content (AvgIpc) is 2.39. The first-order valence-corrected chi connectivity index (χ1v) is 6.81. The summed E-state index contributed by atoms with van der Waals surface area (Å²) in [5.41, 5.74) is 0.641. The Morgan fingerprint density at radius 3 is 2.63 bits per heavy atom. The Morgan fingerprint density at radius 2 is 2.00 bits per heavy atom. The van der Waals surface area contributed by atoms with Crippen LogP contribution >= 0.6 is 23.4 Å². The minimum atomic E-state index is -0.508. The first-order chi connectivity index (χ1) is 9.11. The number of thioether (sulfide) groups is 1. The maximum atomic E-state index is 11.5. The van der Waals surface area contributed by atoms with Gasteiger partial charge in [0.25, 0.3) is 0 Å². The van der Waals surface area contributed by atoms with Gasteiger partial charge in [-0.3, -0.25) is 9.59 Å². The maximum Gasteiger partial charge on any atom is 0.316 e. The second-order valence-corrected chi connectivity index (χ2v) is 4.79. The summed E-state index contributed by atoms with van der Waals surface area (Å²) in [6.07, 6.45) is 0. The van der Waals surface area contributed by atoms with E-state index in [1.54, 1.807) is 30.3 Å². The van der Waals surface area contributed by atoms with Gasteiger partial charge in [0.2, 0.25) is 5.91 Å². The third-order valence-electron chi connectivity index (χ3n) is 1.88. The number of nitriles is 1. The van der Waals surface area contributed by atoms with E-state index in [0.29, 0.717) is 10.7 Å². The molecule has 0 aliphatic rings. The molecule has 1 aromatic rings. The molecular weight excluding hydrogens is 288 g/mol. The van der Waals surface area contributed by atoms with Gasteiger partial charge in [-0.2, -0.15) is 5.26 Å². The van der Waals surface area contributed by atoms with Gasteiger partial charge >= 0.3 is 5.97 Å². The van der Waals surface area contributed by atoms with Crippen LogP contribution in [0.15, 0.2) is 24.3 Å². The van der Waals surface area contributed by atoms with Crippen LogP contribution in [-0.2, 0) is 14.3 Å². The van der Waals surface area contributed by atoms with Crippen LogP contribution in [0.3, 0.4) is 0 Å². The van der Waals surface area contributed by atoms with Gasteiger partial charge in [0.05, 0.1) is 11.5 Å². The van der Waals surface area contributed by atoms with Crippen molar-refractivity contribution in [3.05, 3.63) is 29.3 Å². The zero-order valence-electron chi connectivity index (χ0n) is 9.89. The Kier molecular flexibility index (Phi) is 6.79. The Labute approximate surface area is 119 Å². The summed E-state index contributed by atoms with van der Waals surface area (Å²) in [4.78, 5) is 22.6. The first kappa shape index (κ1) is 15.3. The SMILES string of the molecule is N#CCOC(=O)CSCC(=O)Nc1ccc(Cl)cc1. The number of carbonyl (C=O) groups excluding carboxylic acids is 2. The van der Waals surface area contributed by atoms with Crippen LogP contribution < -0.4 is 5.32 Å². The molecule has 0 saturated heterocycles. The van der Waals surface area contributed by atoms with E-state index < -0.39 is 5.97 Å². The van der Waals surface area contributed by atoms with Crippen LogP contribution in [0.2, 0.25) is 5.02 Å². The molecule has 1 rings (SSSR count). The largest absolute Gasteiger partial charge is 0.450 e. The molecule has 0 aliphatic heterocycles. The molecule has 0 atom stereocenters. The Morgan fingerprint density at radius 1 is 1.32 bits per heavy atom. The molecule has 0 aliphatic carbocycles. The highest BCUT2D eigenvalue weighted by Crippen LogP contribution is 2.13. The molecule has 7 heteroatoms. The monoisotopic (exact) mass is 298 g/mol. The summed E-state index contributed by atoms with van der Waals surface area (Å²) in [5, 5.41) is 11.5. The lowest BCUT2D eigenvalue weighted by molar-refractivity contribution is -0.139. The highest BCUT2D eigenvalue weighted by atomic mass is 35.5. The first-order valence-electron chi connectivity index (χ1n) is 5.27. The fraction of sp³-hybridized carbons (Fsp3) is 0.250. The van der Waals surface area contributed by atoms with Gasteiger partial charge in [-0.15, -0.1) is 11.8 Å². The summed E-state index contributed by atoms with van der Waals surface area (Å²) in [5.74, 6) is -0.564. The molecule has 100 valence electrons. The molecule has 19 heavy (non-hydrogen) atoms. The van der Waals surface area contributed by atoms with Crippen LogP contribution in [0, 0.1) is 11.3 Å². The minimum absolute atomic E-state index is 0.0374. The van der Waals surface area contributed by atoms with E-state index in [-0.39, 0.29) is 24.0 Å². The summed E-state index contributed by atoms with van der Waals surface area (Å²) in [6, 6.07) is 8.41. The molecule has 0 fully saturated rings. The fourth-order valence-corrected chi connectivity index (χ4v) is 1.85. The van der Waals surface area contributed by atoms with Gasteiger partial charge in [-0.05, 0) is 24.3 Å². The van der Waals surface area contributed by atoms with Crippen molar-refractivity contribution in [1.29, 1.82) is 5.26 Å². The number of amides is 1. The zero-order valence-corrected chi connectivity index (χ0v) is 11.5. The number of ether oxygens (including phenoxy) is 1. The van der Waals surface area contributed by atoms with Gasteiger partial charge < -0.3 is 10.1 Å². The lowest BCUT2D eigenvalue weighted by Crippen LogP contribution is -2.16. The summed E-state index contributed by atoms with van der Waals surface area (Å²) in [6.45, 7) is -0.267. The predicted molar refractivity (Wildman–Crippen MR) is 74.0 cm³/mol. The van der Waals surface area contributed by atoms with Crippen molar-refractivity contribution in [2.24, 2.45) is 0 Å². The molecule has 0 saturated carbocycles. The fourth-order valence-electron chi connectivity index (χ4n) is 1.11. The minimum Gasteiger partial charge on any atom is -0.450 e. The van der Waals surface area contributed by atoms with Gasteiger partial charge in [-0.25, -0.2) is 0 Å².